The SMILES string of the molecule is COc1cc(C(C)O)c(S(=O)(=O)c2ccccc2)nn1. The van der Waals surface area contributed by atoms with Crippen molar-refractivity contribution in [1.82, 2.24) is 10.2 Å². The highest BCUT2D eigenvalue weighted by Gasteiger charge is 2.26. The van der Waals surface area contributed by atoms with Crippen molar-refractivity contribution in [1.29, 1.82) is 0 Å². The quantitative estimate of drug-likeness (QED) is 0.916. The van der Waals surface area contributed by atoms with Crippen LogP contribution in [0.3, 0.4) is 0 Å². The average molecular weight is 294 g/mol. The maximum atomic E-state index is 12.5. The second-order valence-electron chi connectivity index (χ2n) is 4.14. The summed E-state index contributed by atoms with van der Waals surface area (Å²) in [5, 5.41) is 16.8. The first kappa shape index (κ1) is 14.4. The van der Waals surface area contributed by atoms with Crippen LogP contribution in [0.25, 0.3) is 0 Å². The number of rotatable bonds is 4. The molecular formula is C13H14N2O4S. The normalized spacial score (nSPS) is 12.9. The number of nitrogens with zero attached hydrogens (tertiary/aromatic N) is 2. The third-order valence-electron chi connectivity index (χ3n) is 2.73. The van der Waals surface area contributed by atoms with Gasteiger partial charge in [-0.1, -0.05) is 18.2 Å². The van der Waals surface area contributed by atoms with Crippen LogP contribution in [0.2, 0.25) is 0 Å². The maximum absolute atomic E-state index is 12.5. The Labute approximate surface area is 117 Å². The zero-order chi connectivity index (χ0) is 14.8. The number of methoxy groups -OCH3 is 1. The van der Waals surface area contributed by atoms with Gasteiger partial charge in [-0.25, -0.2) is 8.42 Å². The Bertz CT molecular complexity index is 700. The molecule has 6 nitrogen and oxygen atoms in total. The largest absolute Gasteiger partial charge is 0.480 e. The lowest BCUT2D eigenvalue weighted by Crippen LogP contribution is -2.12. The van der Waals surface area contributed by atoms with E-state index in [2.05, 4.69) is 10.2 Å². The number of aliphatic hydroxyl groups excluding tert-OH is 1. The Morgan fingerprint density at radius 1 is 1.20 bits per heavy atom. The molecule has 2 aromatic rings. The van der Waals surface area contributed by atoms with Crippen LogP contribution in [-0.4, -0.2) is 30.8 Å². The predicted molar refractivity (Wildman–Crippen MR) is 71.1 cm³/mol. The lowest BCUT2D eigenvalue weighted by molar-refractivity contribution is 0.193. The van der Waals surface area contributed by atoms with Crippen molar-refractivity contribution < 1.29 is 18.3 Å². The highest BCUT2D eigenvalue weighted by Crippen LogP contribution is 2.27. The van der Waals surface area contributed by atoms with E-state index in [0.29, 0.717) is 0 Å². The molecule has 1 heterocycles. The van der Waals surface area contributed by atoms with Crippen molar-refractivity contribution in [2.24, 2.45) is 0 Å². The average Bonchev–Trinajstić information content (AvgIpc) is 2.47. The predicted octanol–water partition coefficient (Wildman–Crippen LogP) is 1.37. The molecule has 7 heteroatoms. The Kier molecular flexibility index (Phi) is 4.01. The zero-order valence-corrected chi connectivity index (χ0v) is 11.8. The minimum atomic E-state index is -3.83. The summed E-state index contributed by atoms with van der Waals surface area (Å²) in [6.07, 6.45) is -1.01. The van der Waals surface area contributed by atoms with Crippen LogP contribution >= 0.6 is 0 Å². The number of sulfone groups is 1. The van der Waals surface area contributed by atoms with Crippen molar-refractivity contribution in [3.63, 3.8) is 0 Å². The molecule has 1 atom stereocenters. The van der Waals surface area contributed by atoms with Gasteiger partial charge in [0.15, 0.2) is 5.03 Å². The van der Waals surface area contributed by atoms with Crippen molar-refractivity contribution >= 4 is 9.84 Å². The van der Waals surface area contributed by atoms with E-state index >= 15 is 0 Å². The molecule has 0 bridgehead atoms. The van der Waals surface area contributed by atoms with E-state index in [1.807, 2.05) is 0 Å². The molecule has 106 valence electrons. The molecule has 0 amide bonds. The first-order valence-corrected chi connectivity index (χ1v) is 7.35. The summed E-state index contributed by atoms with van der Waals surface area (Å²) >= 11 is 0. The molecule has 0 aliphatic rings. The van der Waals surface area contributed by atoms with Crippen LogP contribution in [-0.2, 0) is 9.84 Å². The third kappa shape index (κ3) is 2.63. The van der Waals surface area contributed by atoms with Gasteiger partial charge < -0.3 is 9.84 Å². The van der Waals surface area contributed by atoms with Gasteiger partial charge in [0.2, 0.25) is 15.7 Å². The molecule has 0 fully saturated rings. The molecule has 1 aromatic heterocycles. The number of ether oxygens (including phenoxy) is 1. The van der Waals surface area contributed by atoms with E-state index in [1.54, 1.807) is 18.2 Å². The van der Waals surface area contributed by atoms with Gasteiger partial charge in [0, 0.05) is 11.6 Å². The van der Waals surface area contributed by atoms with E-state index in [1.165, 1.54) is 32.2 Å². The standard InChI is InChI=1S/C13H14N2O4S/c1-9(16)11-8-12(19-2)14-15-13(11)20(17,18)10-6-4-3-5-7-10/h3-9,16H,1-2H3. The Morgan fingerprint density at radius 2 is 1.85 bits per heavy atom. The topological polar surface area (TPSA) is 89.4 Å². The first-order chi connectivity index (χ1) is 9.46. The van der Waals surface area contributed by atoms with Crippen LogP contribution in [0.1, 0.15) is 18.6 Å². The number of aliphatic hydroxyl groups is 1. The number of hydrogen-bond acceptors (Lipinski definition) is 6. The fourth-order valence-electron chi connectivity index (χ4n) is 1.70. The monoisotopic (exact) mass is 294 g/mol. The van der Waals surface area contributed by atoms with E-state index < -0.39 is 15.9 Å². The first-order valence-electron chi connectivity index (χ1n) is 5.86. The lowest BCUT2D eigenvalue weighted by Gasteiger charge is -2.12. The Morgan fingerprint density at radius 3 is 2.40 bits per heavy atom. The van der Waals surface area contributed by atoms with Gasteiger partial charge in [-0.05, 0) is 19.1 Å². The molecule has 0 spiro atoms. The fourth-order valence-corrected chi connectivity index (χ4v) is 3.12. The van der Waals surface area contributed by atoms with E-state index in [9.17, 15) is 13.5 Å². The van der Waals surface area contributed by atoms with Crippen LogP contribution in [0, 0.1) is 0 Å². The van der Waals surface area contributed by atoms with E-state index in [0.717, 1.165) is 0 Å². The molecule has 1 unspecified atom stereocenters. The summed E-state index contributed by atoms with van der Waals surface area (Å²) in [5.41, 5.74) is 0.153. The third-order valence-corrected chi connectivity index (χ3v) is 4.45. The van der Waals surface area contributed by atoms with Crippen LogP contribution in [0.5, 0.6) is 5.88 Å². The van der Waals surface area contributed by atoms with Gasteiger partial charge in [-0.15, -0.1) is 10.2 Å². The van der Waals surface area contributed by atoms with Gasteiger partial charge in [-0.2, -0.15) is 0 Å². The summed E-state index contributed by atoms with van der Waals surface area (Å²) in [7, 11) is -2.44. The molecule has 0 saturated carbocycles. The van der Waals surface area contributed by atoms with Crippen LogP contribution < -0.4 is 4.74 Å². The summed E-state index contributed by atoms with van der Waals surface area (Å²) in [5.74, 6) is 0.146. The summed E-state index contributed by atoms with van der Waals surface area (Å²) in [6, 6.07) is 9.25. The number of aromatic nitrogens is 2. The minimum absolute atomic E-state index is 0.0985. The van der Waals surface area contributed by atoms with Gasteiger partial charge in [-0.3, -0.25) is 0 Å². The highest BCUT2D eigenvalue weighted by atomic mass is 32.2. The number of benzene rings is 1. The summed E-state index contributed by atoms with van der Waals surface area (Å²) in [4.78, 5) is 0.0985. The van der Waals surface area contributed by atoms with E-state index in [4.69, 9.17) is 4.74 Å². The van der Waals surface area contributed by atoms with Crippen LogP contribution in [0.15, 0.2) is 46.3 Å². The summed E-state index contributed by atoms with van der Waals surface area (Å²) in [6.45, 7) is 1.46. The molecule has 0 saturated heterocycles. The van der Waals surface area contributed by atoms with Crippen molar-refractivity contribution in [3.8, 4) is 5.88 Å². The highest BCUT2D eigenvalue weighted by molar-refractivity contribution is 7.91. The van der Waals surface area contributed by atoms with Gasteiger partial charge in [0.05, 0.1) is 18.1 Å². The molecule has 0 aliphatic heterocycles. The molecule has 1 N–H and O–H groups in total. The Hall–Kier alpha value is -1.99. The lowest BCUT2D eigenvalue weighted by atomic mass is 10.2. The molecule has 20 heavy (non-hydrogen) atoms. The number of hydrogen-bond donors (Lipinski definition) is 1. The van der Waals surface area contributed by atoms with Crippen LogP contribution in [0.4, 0.5) is 0 Å². The van der Waals surface area contributed by atoms with Crippen molar-refractivity contribution in [2.45, 2.75) is 22.9 Å². The van der Waals surface area contributed by atoms with Crippen molar-refractivity contribution in [2.75, 3.05) is 7.11 Å². The fraction of sp³-hybridized carbons (Fsp3) is 0.231. The van der Waals surface area contributed by atoms with E-state index in [-0.39, 0.29) is 21.4 Å². The van der Waals surface area contributed by atoms with Gasteiger partial charge in [0.25, 0.3) is 0 Å². The maximum Gasteiger partial charge on any atom is 0.233 e. The molecule has 1 aromatic carbocycles. The molecule has 0 radical (unpaired) electrons. The van der Waals surface area contributed by atoms with Gasteiger partial charge >= 0.3 is 0 Å². The summed E-state index contributed by atoms with van der Waals surface area (Å²) < 4.78 is 29.9. The molecule has 2 rings (SSSR count). The smallest absolute Gasteiger partial charge is 0.233 e. The zero-order valence-electron chi connectivity index (χ0n) is 11.0. The minimum Gasteiger partial charge on any atom is -0.480 e. The molecular weight excluding hydrogens is 280 g/mol. The second kappa shape index (κ2) is 5.56. The second-order valence-corrected chi connectivity index (χ2v) is 6.00. The van der Waals surface area contributed by atoms with Gasteiger partial charge in [0.1, 0.15) is 0 Å². The van der Waals surface area contributed by atoms with Crippen molar-refractivity contribution in [3.05, 3.63) is 42.0 Å². The Balaban J connectivity index is 2.63. The molecule has 0 aliphatic carbocycles.